The topological polar surface area (TPSA) is 63.2 Å². The van der Waals surface area contributed by atoms with Gasteiger partial charge in [0.05, 0.1) is 31.3 Å². The van der Waals surface area contributed by atoms with E-state index in [0.717, 1.165) is 11.1 Å². The summed E-state index contributed by atoms with van der Waals surface area (Å²) >= 11 is 0. The minimum absolute atomic E-state index is 0. The summed E-state index contributed by atoms with van der Waals surface area (Å²) in [6, 6.07) is 7.20. The number of fused-ring (bicyclic) bond motifs is 6. The van der Waals surface area contributed by atoms with Gasteiger partial charge in [0, 0.05) is 11.6 Å². The van der Waals surface area contributed by atoms with Gasteiger partial charge in [-0.3, -0.25) is 4.79 Å². The predicted molar refractivity (Wildman–Crippen MR) is 113 cm³/mol. The number of benzene rings is 2. The number of ketones is 1. The molecule has 0 fully saturated rings. The van der Waals surface area contributed by atoms with Crippen molar-refractivity contribution in [3.8, 4) is 28.7 Å². The molecule has 2 atom stereocenters. The van der Waals surface area contributed by atoms with Crippen LogP contribution in [0.1, 0.15) is 48.7 Å². The van der Waals surface area contributed by atoms with E-state index in [1.807, 2.05) is 32.1 Å². The predicted octanol–water partition coefficient (Wildman–Crippen LogP) is 4.64. The van der Waals surface area contributed by atoms with Crippen molar-refractivity contribution in [2.75, 3.05) is 20.8 Å². The van der Waals surface area contributed by atoms with E-state index in [4.69, 9.17) is 23.7 Å². The van der Waals surface area contributed by atoms with Crippen LogP contribution in [0, 0.1) is 0 Å². The van der Waals surface area contributed by atoms with Crippen LogP contribution >= 0.6 is 0 Å². The van der Waals surface area contributed by atoms with Crippen LogP contribution < -0.4 is 23.7 Å². The van der Waals surface area contributed by atoms with Gasteiger partial charge in [0.25, 0.3) is 0 Å². The summed E-state index contributed by atoms with van der Waals surface area (Å²) in [4.78, 5) is 13.5. The first-order chi connectivity index (χ1) is 13.9. The maximum absolute atomic E-state index is 13.5. The number of carbonyl (C=O) groups is 1. The fourth-order valence-corrected chi connectivity index (χ4v) is 4.19. The SMILES string of the molecule is C.COc1cc2c(cc1OC)[C@@H]1C(=O)c3ccc4c(c3O[C@@H]1CO2)C=CC(C)(C)O4. The molecule has 30 heavy (non-hydrogen) atoms. The van der Waals surface area contributed by atoms with Crippen LogP contribution in [0.15, 0.2) is 30.3 Å². The third kappa shape index (κ3) is 2.90. The highest BCUT2D eigenvalue weighted by Crippen LogP contribution is 2.49. The Labute approximate surface area is 176 Å². The molecule has 5 rings (SSSR count). The van der Waals surface area contributed by atoms with Gasteiger partial charge < -0.3 is 23.7 Å². The largest absolute Gasteiger partial charge is 0.493 e. The van der Waals surface area contributed by atoms with Gasteiger partial charge >= 0.3 is 0 Å². The Morgan fingerprint density at radius 3 is 2.53 bits per heavy atom. The summed E-state index contributed by atoms with van der Waals surface area (Å²) in [5.74, 6) is 2.56. The van der Waals surface area contributed by atoms with E-state index in [9.17, 15) is 4.79 Å². The molecule has 3 heterocycles. The van der Waals surface area contributed by atoms with Crippen molar-refractivity contribution in [1.82, 2.24) is 0 Å². The quantitative estimate of drug-likeness (QED) is 0.719. The molecular formula is C24H26O6. The second-order valence-electron chi connectivity index (χ2n) is 7.95. The van der Waals surface area contributed by atoms with Crippen LogP contribution in [0.3, 0.4) is 0 Å². The number of hydrogen-bond donors (Lipinski definition) is 0. The highest BCUT2D eigenvalue weighted by atomic mass is 16.5. The first-order valence-corrected chi connectivity index (χ1v) is 9.56. The van der Waals surface area contributed by atoms with Gasteiger partial charge in [-0.2, -0.15) is 0 Å². The summed E-state index contributed by atoms with van der Waals surface area (Å²) in [6.45, 7) is 4.25. The number of ether oxygens (including phenoxy) is 5. The first kappa shape index (κ1) is 20.1. The Morgan fingerprint density at radius 1 is 1.07 bits per heavy atom. The fraction of sp³-hybridized carbons (Fsp3) is 0.375. The first-order valence-electron chi connectivity index (χ1n) is 9.56. The lowest BCUT2D eigenvalue weighted by Gasteiger charge is -2.38. The molecule has 2 aromatic rings. The summed E-state index contributed by atoms with van der Waals surface area (Å²) in [5, 5.41) is 0. The van der Waals surface area contributed by atoms with Crippen LogP contribution in [-0.4, -0.2) is 38.3 Å². The Bertz CT molecular complexity index is 1050. The van der Waals surface area contributed by atoms with E-state index >= 15 is 0 Å². The highest BCUT2D eigenvalue weighted by molar-refractivity contribution is 6.06. The van der Waals surface area contributed by atoms with Crippen LogP contribution in [0.25, 0.3) is 6.08 Å². The smallest absolute Gasteiger partial charge is 0.178 e. The molecule has 0 bridgehead atoms. The van der Waals surface area contributed by atoms with Crippen molar-refractivity contribution >= 4 is 11.9 Å². The minimum Gasteiger partial charge on any atom is -0.493 e. The fourth-order valence-electron chi connectivity index (χ4n) is 4.19. The summed E-state index contributed by atoms with van der Waals surface area (Å²) in [7, 11) is 3.14. The van der Waals surface area contributed by atoms with E-state index in [0.29, 0.717) is 34.3 Å². The summed E-state index contributed by atoms with van der Waals surface area (Å²) in [6.07, 6.45) is 3.52. The molecule has 0 amide bonds. The molecule has 3 aliphatic heterocycles. The molecule has 0 saturated carbocycles. The molecule has 6 heteroatoms. The van der Waals surface area contributed by atoms with E-state index < -0.39 is 17.6 Å². The van der Waals surface area contributed by atoms with E-state index in [2.05, 4.69) is 0 Å². The third-order valence-corrected chi connectivity index (χ3v) is 5.62. The molecule has 0 aliphatic carbocycles. The zero-order valence-electron chi connectivity index (χ0n) is 16.8. The second kappa shape index (κ2) is 6.97. The van der Waals surface area contributed by atoms with Crippen molar-refractivity contribution in [1.29, 1.82) is 0 Å². The molecule has 2 aromatic carbocycles. The van der Waals surface area contributed by atoms with Crippen LogP contribution in [0.2, 0.25) is 0 Å². The van der Waals surface area contributed by atoms with Crippen LogP contribution in [0.5, 0.6) is 28.7 Å². The lowest BCUT2D eigenvalue weighted by atomic mass is 9.81. The van der Waals surface area contributed by atoms with Crippen LogP contribution in [-0.2, 0) is 0 Å². The molecule has 6 nitrogen and oxygen atoms in total. The Kier molecular flexibility index (Phi) is 4.68. The van der Waals surface area contributed by atoms with Gasteiger partial charge in [0.2, 0.25) is 0 Å². The molecule has 0 aromatic heterocycles. The van der Waals surface area contributed by atoms with Crippen molar-refractivity contribution in [3.63, 3.8) is 0 Å². The lowest BCUT2D eigenvalue weighted by molar-refractivity contribution is 0.0553. The lowest BCUT2D eigenvalue weighted by Crippen LogP contribution is -2.43. The van der Waals surface area contributed by atoms with Crippen molar-refractivity contribution in [2.24, 2.45) is 0 Å². The van der Waals surface area contributed by atoms with Crippen molar-refractivity contribution in [2.45, 2.75) is 38.9 Å². The van der Waals surface area contributed by atoms with Gasteiger partial charge in [-0.1, -0.05) is 7.43 Å². The summed E-state index contributed by atoms with van der Waals surface area (Å²) < 4.78 is 29.0. The van der Waals surface area contributed by atoms with E-state index in [1.165, 1.54) is 0 Å². The molecule has 0 unspecified atom stereocenters. The van der Waals surface area contributed by atoms with Crippen LogP contribution in [0.4, 0.5) is 0 Å². The zero-order valence-corrected chi connectivity index (χ0v) is 16.8. The maximum atomic E-state index is 13.5. The van der Waals surface area contributed by atoms with Crippen molar-refractivity contribution < 1.29 is 28.5 Å². The average molecular weight is 410 g/mol. The summed E-state index contributed by atoms with van der Waals surface area (Å²) in [5.41, 5.74) is 1.71. The maximum Gasteiger partial charge on any atom is 0.178 e. The number of Topliss-reactive ketones (excluding diaryl/α,β-unsaturated/α-hetero) is 1. The normalized spacial score (nSPS) is 21.9. The Hall–Kier alpha value is -3.15. The van der Waals surface area contributed by atoms with Crippen molar-refractivity contribution in [3.05, 3.63) is 47.0 Å². The van der Waals surface area contributed by atoms with Gasteiger partial charge in [-0.15, -0.1) is 0 Å². The Morgan fingerprint density at radius 2 is 1.80 bits per heavy atom. The molecular weight excluding hydrogens is 384 g/mol. The number of carbonyl (C=O) groups excluding carboxylic acids is 1. The van der Waals surface area contributed by atoms with E-state index in [-0.39, 0.29) is 19.8 Å². The van der Waals surface area contributed by atoms with Gasteiger partial charge in [0.1, 0.15) is 35.6 Å². The number of methoxy groups -OCH3 is 2. The second-order valence-corrected chi connectivity index (χ2v) is 7.95. The highest BCUT2D eigenvalue weighted by Gasteiger charge is 2.45. The van der Waals surface area contributed by atoms with Gasteiger partial charge in [0.15, 0.2) is 17.3 Å². The molecule has 3 aliphatic rings. The Balaban J connectivity index is 0.00000218. The zero-order chi connectivity index (χ0) is 20.3. The standard InChI is InChI=1S/C23H22O6.CH4/c1-23(2)8-7-12-15(29-23)6-5-13-21(24)20-14-9-17(25-3)18(26-4)10-16(14)27-11-19(20)28-22(12)13;/h5-10,19-20H,11H2,1-4H3;1H4/t19-,20+;/m1./s1. The third-order valence-electron chi connectivity index (χ3n) is 5.62. The molecule has 158 valence electrons. The van der Waals surface area contributed by atoms with Gasteiger partial charge in [-0.25, -0.2) is 0 Å². The number of hydrogen-bond acceptors (Lipinski definition) is 6. The molecule has 0 saturated heterocycles. The molecule has 0 radical (unpaired) electrons. The molecule has 0 spiro atoms. The monoisotopic (exact) mass is 410 g/mol. The minimum atomic E-state index is -0.464. The average Bonchev–Trinajstić information content (AvgIpc) is 2.71. The van der Waals surface area contributed by atoms with Gasteiger partial charge in [-0.05, 0) is 44.2 Å². The molecule has 0 N–H and O–H groups in total. The van der Waals surface area contributed by atoms with E-state index in [1.54, 1.807) is 32.4 Å². The number of rotatable bonds is 2.